The molecule has 0 spiro atoms. The second-order valence-electron chi connectivity index (χ2n) is 5.10. The molecule has 1 saturated heterocycles. The molecule has 100 valence electrons. The van der Waals surface area contributed by atoms with E-state index in [-0.39, 0.29) is 0 Å². The van der Waals surface area contributed by atoms with Crippen LogP contribution in [0.5, 0.6) is 0 Å². The van der Waals surface area contributed by atoms with Gasteiger partial charge >= 0.3 is 0 Å². The van der Waals surface area contributed by atoms with Crippen LogP contribution in [-0.2, 0) is 6.54 Å². The smallest absolute Gasteiger partial charge is 0.138 e. The first-order chi connectivity index (χ1) is 9.31. The predicted octanol–water partition coefficient (Wildman–Crippen LogP) is 1.06. The number of piperazine rings is 1. The zero-order valence-corrected chi connectivity index (χ0v) is 11.2. The highest BCUT2D eigenvalue weighted by Gasteiger charge is 2.15. The van der Waals surface area contributed by atoms with Gasteiger partial charge in [-0.05, 0) is 24.6 Å². The summed E-state index contributed by atoms with van der Waals surface area (Å²) < 4.78 is 1.77. The van der Waals surface area contributed by atoms with Crippen molar-refractivity contribution in [3.63, 3.8) is 0 Å². The molecule has 0 unspecified atom stereocenters. The van der Waals surface area contributed by atoms with E-state index in [1.807, 2.05) is 0 Å². The molecule has 3 rings (SSSR count). The third kappa shape index (κ3) is 3.00. The number of hydrogen-bond acceptors (Lipinski definition) is 4. The molecule has 1 aromatic heterocycles. The Morgan fingerprint density at radius 1 is 1.32 bits per heavy atom. The lowest BCUT2D eigenvalue weighted by Crippen LogP contribution is -2.48. The molecule has 0 bridgehead atoms. The first-order valence-electron chi connectivity index (χ1n) is 6.71. The topological polar surface area (TPSA) is 46.0 Å². The Labute approximate surface area is 113 Å². The van der Waals surface area contributed by atoms with E-state index in [9.17, 15) is 0 Å². The summed E-state index contributed by atoms with van der Waals surface area (Å²) in [6.07, 6.45) is 3.27. The Bertz CT molecular complexity index is 505. The Balaban J connectivity index is 1.66. The van der Waals surface area contributed by atoms with Gasteiger partial charge in [-0.3, -0.25) is 4.90 Å². The zero-order chi connectivity index (χ0) is 13.1. The second kappa shape index (κ2) is 5.50. The van der Waals surface area contributed by atoms with Crippen LogP contribution < -0.4 is 5.32 Å². The fourth-order valence-corrected chi connectivity index (χ4v) is 2.51. The van der Waals surface area contributed by atoms with E-state index in [1.165, 1.54) is 5.56 Å². The molecule has 0 amide bonds. The van der Waals surface area contributed by atoms with Gasteiger partial charge in [-0.15, -0.1) is 0 Å². The fourth-order valence-electron chi connectivity index (χ4n) is 2.51. The van der Waals surface area contributed by atoms with E-state index >= 15 is 0 Å². The first-order valence-corrected chi connectivity index (χ1v) is 6.71. The lowest BCUT2D eigenvalue weighted by atomic mass is 10.1. The quantitative estimate of drug-likeness (QED) is 0.893. The van der Waals surface area contributed by atoms with Gasteiger partial charge in [-0.25, -0.2) is 9.67 Å². The van der Waals surface area contributed by atoms with Crippen molar-refractivity contribution < 1.29 is 0 Å². The minimum Gasteiger partial charge on any atom is -0.312 e. The average molecular weight is 257 g/mol. The van der Waals surface area contributed by atoms with E-state index < -0.39 is 0 Å². The van der Waals surface area contributed by atoms with Gasteiger partial charge in [-0.2, -0.15) is 5.10 Å². The van der Waals surface area contributed by atoms with Crippen LogP contribution in [0.1, 0.15) is 12.5 Å². The van der Waals surface area contributed by atoms with E-state index in [2.05, 4.69) is 51.5 Å². The molecule has 0 radical (unpaired) electrons. The van der Waals surface area contributed by atoms with Gasteiger partial charge in [0, 0.05) is 32.2 Å². The van der Waals surface area contributed by atoms with Crippen molar-refractivity contribution in [2.45, 2.75) is 19.5 Å². The van der Waals surface area contributed by atoms with Gasteiger partial charge in [-0.1, -0.05) is 12.1 Å². The van der Waals surface area contributed by atoms with Gasteiger partial charge in [0.25, 0.3) is 0 Å². The number of nitrogens with zero attached hydrogens (tertiary/aromatic N) is 4. The molecule has 0 aliphatic carbocycles. The van der Waals surface area contributed by atoms with Crippen molar-refractivity contribution in [1.82, 2.24) is 25.0 Å². The third-order valence-electron chi connectivity index (χ3n) is 3.48. The molecular weight excluding hydrogens is 238 g/mol. The molecule has 19 heavy (non-hydrogen) atoms. The number of nitrogens with one attached hydrogen (secondary N) is 1. The minimum absolute atomic E-state index is 0.586. The summed E-state index contributed by atoms with van der Waals surface area (Å²) in [6.45, 7) is 6.57. The average Bonchev–Trinajstić information content (AvgIpc) is 2.94. The molecule has 1 N–H and O–H groups in total. The van der Waals surface area contributed by atoms with Crippen LogP contribution in [-0.4, -0.2) is 45.3 Å². The molecule has 2 heterocycles. The van der Waals surface area contributed by atoms with E-state index in [1.54, 1.807) is 17.3 Å². The van der Waals surface area contributed by atoms with Crippen LogP contribution in [0.2, 0.25) is 0 Å². The summed E-state index contributed by atoms with van der Waals surface area (Å²) in [5, 5.41) is 7.59. The van der Waals surface area contributed by atoms with Crippen LogP contribution in [0.15, 0.2) is 36.9 Å². The predicted molar refractivity (Wildman–Crippen MR) is 74.1 cm³/mol. The molecule has 1 fully saturated rings. The second-order valence-corrected chi connectivity index (χ2v) is 5.10. The normalized spacial score (nSPS) is 20.6. The molecule has 0 saturated carbocycles. The Morgan fingerprint density at radius 2 is 2.16 bits per heavy atom. The van der Waals surface area contributed by atoms with Crippen LogP contribution in [0.25, 0.3) is 5.69 Å². The molecule has 2 aromatic rings. The molecule has 1 aliphatic heterocycles. The van der Waals surface area contributed by atoms with Gasteiger partial charge in [0.2, 0.25) is 0 Å². The Morgan fingerprint density at radius 3 is 2.84 bits per heavy atom. The van der Waals surface area contributed by atoms with Crippen molar-refractivity contribution in [3.8, 4) is 5.69 Å². The Hall–Kier alpha value is -1.72. The van der Waals surface area contributed by atoms with E-state index in [0.717, 1.165) is 31.9 Å². The number of aromatic nitrogens is 3. The van der Waals surface area contributed by atoms with Crippen molar-refractivity contribution >= 4 is 0 Å². The molecule has 1 atom stereocenters. The van der Waals surface area contributed by atoms with Crippen molar-refractivity contribution in [2.75, 3.05) is 19.6 Å². The van der Waals surface area contributed by atoms with Gasteiger partial charge in [0.1, 0.15) is 12.7 Å². The molecule has 5 nitrogen and oxygen atoms in total. The molecular formula is C14H19N5. The highest BCUT2D eigenvalue weighted by molar-refractivity contribution is 5.33. The third-order valence-corrected chi connectivity index (χ3v) is 3.48. The summed E-state index contributed by atoms with van der Waals surface area (Å²) in [4.78, 5) is 6.45. The standard InChI is InChI=1S/C14H19N5/c1-12-8-18(7-6-16-12)9-13-2-4-14(5-3-13)19-11-15-10-17-19/h2-5,10-12,16H,6-9H2,1H3/t12-/m1/s1. The summed E-state index contributed by atoms with van der Waals surface area (Å²) in [6, 6.07) is 9.11. The lowest BCUT2D eigenvalue weighted by Gasteiger charge is -2.31. The summed E-state index contributed by atoms with van der Waals surface area (Å²) in [5.41, 5.74) is 2.40. The molecule has 1 aliphatic rings. The van der Waals surface area contributed by atoms with E-state index in [4.69, 9.17) is 0 Å². The van der Waals surface area contributed by atoms with Crippen LogP contribution in [0.4, 0.5) is 0 Å². The SMILES string of the molecule is C[C@@H]1CN(Cc2ccc(-n3cncn3)cc2)CCN1. The largest absolute Gasteiger partial charge is 0.312 e. The maximum Gasteiger partial charge on any atom is 0.138 e. The number of rotatable bonds is 3. The van der Waals surface area contributed by atoms with Gasteiger partial charge in [0.15, 0.2) is 0 Å². The number of benzene rings is 1. The fraction of sp³-hybridized carbons (Fsp3) is 0.429. The van der Waals surface area contributed by atoms with Crippen LogP contribution in [0, 0.1) is 0 Å². The Kier molecular flexibility index (Phi) is 3.57. The summed E-state index contributed by atoms with van der Waals surface area (Å²) >= 11 is 0. The first kappa shape index (κ1) is 12.3. The highest BCUT2D eigenvalue weighted by atomic mass is 15.3. The minimum atomic E-state index is 0.586. The van der Waals surface area contributed by atoms with Gasteiger partial charge in [0.05, 0.1) is 5.69 Å². The highest BCUT2D eigenvalue weighted by Crippen LogP contribution is 2.11. The molecule has 1 aromatic carbocycles. The van der Waals surface area contributed by atoms with E-state index in [0.29, 0.717) is 6.04 Å². The van der Waals surface area contributed by atoms with Crippen molar-refractivity contribution in [3.05, 3.63) is 42.5 Å². The number of hydrogen-bond donors (Lipinski definition) is 1. The maximum absolute atomic E-state index is 4.13. The zero-order valence-electron chi connectivity index (χ0n) is 11.2. The lowest BCUT2D eigenvalue weighted by molar-refractivity contribution is 0.199. The summed E-state index contributed by atoms with van der Waals surface area (Å²) in [7, 11) is 0. The maximum atomic E-state index is 4.13. The van der Waals surface area contributed by atoms with Gasteiger partial charge < -0.3 is 5.32 Å². The van der Waals surface area contributed by atoms with Crippen LogP contribution >= 0.6 is 0 Å². The van der Waals surface area contributed by atoms with Crippen LogP contribution in [0.3, 0.4) is 0 Å². The molecule has 5 heteroatoms. The summed E-state index contributed by atoms with van der Waals surface area (Å²) in [5.74, 6) is 0. The van der Waals surface area contributed by atoms with Crippen molar-refractivity contribution in [1.29, 1.82) is 0 Å². The van der Waals surface area contributed by atoms with Crippen molar-refractivity contribution in [2.24, 2.45) is 0 Å². The monoisotopic (exact) mass is 257 g/mol.